The minimum absolute atomic E-state index is 0.118. The molecule has 0 spiro atoms. The molecule has 2 aromatic heterocycles. The van der Waals surface area contributed by atoms with Gasteiger partial charge < -0.3 is 9.80 Å². The quantitative estimate of drug-likeness (QED) is 0.602. The normalized spacial score (nSPS) is 16.8. The van der Waals surface area contributed by atoms with Crippen LogP contribution in [0.5, 0.6) is 0 Å². The molecule has 0 bridgehead atoms. The van der Waals surface area contributed by atoms with Crippen molar-refractivity contribution < 1.29 is 9.59 Å². The molecular formula is C25H29N5O2. The number of aryl methyl sites for hydroxylation is 1. The zero-order valence-corrected chi connectivity index (χ0v) is 18.6. The largest absolute Gasteiger partial charge is 0.341 e. The van der Waals surface area contributed by atoms with Gasteiger partial charge in [0.05, 0.1) is 5.92 Å². The summed E-state index contributed by atoms with van der Waals surface area (Å²) in [5, 5.41) is 4.27. The maximum Gasteiger partial charge on any atom is 0.274 e. The zero-order valence-electron chi connectivity index (χ0n) is 18.6. The lowest BCUT2D eigenvalue weighted by Crippen LogP contribution is -2.38. The Morgan fingerprint density at radius 3 is 2.62 bits per heavy atom. The van der Waals surface area contributed by atoms with Gasteiger partial charge in [-0.05, 0) is 47.7 Å². The van der Waals surface area contributed by atoms with Crippen molar-refractivity contribution in [1.29, 1.82) is 0 Å². The molecule has 4 rings (SSSR count). The van der Waals surface area contributed by atoms with Crippen LogP contribution < -0.4 is 0 Å². The Morgan fingerprint density at radius 2 is 1.91 bits per heavy atom. The number of nitrogens with zero attached hydrogens (tertiary/aromatic N) is 5. The molecule has 1 aromatic carbocycles. The number of pyridine rings is 1. The summed E-state index contributed by atoms with van der Waals surface area (Å²) in [5.41, 5.74) is 3.69. The Morgan fingerprint density at radius 1 is 1.09 bits per heavy atom. The van der Waals surface area contributed by atoms with Crippen molar-refractivity contribution in [2.75, 3.05) is 26.2 Å². The van der Waals surface area contributed by atoms with E-state index >= 15 is 0 Å². The van der Waals surface area contributed by atoms with E-state index < -0.39 is 0 Å². The third-order valence-electron chi connectivity index (χ3n) is 5.88. The highest BCUT2D eigenvalue weighted by Gasteiger charge is 2.33. The summed E-state index contributed by atoms with van der Waals surface area (Å²) in [6.07, 6.45) is 6.80. The Hall–Kier alpha value is -3.48. The summed E-state index contributed by atoms with van der Waals surface area (Å²) in [7, 11) is 1.80. The molecule has 1 aliphatic rings. The Kier molecular flexibility index (Phi) is 6.63. The van der Waals surface area contributed by atoms with Gasteiger partial charge in [-0.25, -0.2) is 0 Å². The summed E-state index contributed by atoms with van der Waals surface area (Å²) in [6.45, 7) is 4.25. The van der Waals surface area contributed by atoms with Gasteiger partial charge in [-0.2, -0.15) is 5.10 Å². The summed E-state index contributed by atoms with van der Waals surface area (Å²) in [4.78, 5) is 34.2. The molecule has 0 N–H and O–H groups in total. The van der Waals surface area contributed by atoms with Gasteiger partial charge in [0.2, 0.25) is 5.91 Å². The van der Waals surface area contributed by atoms with Crippen LogP contribution in [-0.2, 0) is 18.3 Å². The second-order valence-corrected chi connectivity index (χ2v) is 8.29. The molecule has 0 aliphatic carbocycles. The summed E-state index contributed by atoms with van der Waals surface area (Å²) < 4.78 is 1.63. The highest BCUT2D eigenvalue weighted by Crippen LogP contribution is 2.23. The Labute approximate surface area is 188 Å². The summed E-state index contributed by atoms with van der Waals surface area (Å²) in [5.74, 6) is -0.283. The average Bonchev–Trinajstić information content (AvgIpc) is 3.20. The SMILES string of the molecule is CCCN1CCN(C(=O)c2ccn(C)n2)CC(Cc2cccc(-c3ccncc3)c2)C1=O. The number of hydrogen-bond acceptors (Lipinski definition) is 4. The van der Waals surface area contributed by atoms with Crippen LogP contribution in [0, 0.1) is 5.92 Å². The molecule has 166 valence electrons. The van der Waals surface area contributed by atoms with E-state index in [1.54, 1.807) is 41.3 Å². The second kappa shape index (κ2) is 9.77. The molecule has 1 atom stereocenters. The highest BCUT2D eigenvalue weighted by atomic mass is 16.2. The van der Waals surface area contributed by atoms with E-state index in [2.05, 4.69) is 35.2 Å². The lowest BCUT2D eigenvalue weighted by atomic mass is 9.95. The van der Waals surface area contributed by atoms with Gasteiger partial charge in [0.25, 0.3) is 5.91 Å². The van der Waals surface area contributed by atoms with Crippen LogP contribution in [0.15, 0.2) is 61.1 Å². The molecule has 2 amide bonds. The number of carbonyl (C=O) groups is 2. The lowest BCUT2D eigenvalue weighted by molar-refractivity contribution is -0.134. The number of aromatic nitrogens is 3. The van der Waals surface area contributed by atoms with Crippen LogP contribution in [0.2, 0.25) is 0 Å². The van der Waals surface area contributed by atoms with E-state index in [-0.39, 0.29) is 17.7 Å². The van der Waals surface area contributed by atoms with Crippen LogP contribution >= 0.6 is 0 Å². The molecule has 1 fully saturated rings. The van der Waals surface area contributed by atoms with Crippen LogP contribution in [-0.4, -0.2) is 62.6 Å². The standard InChI is InChI=1S/C25H29N5O2/c1-3-12-29-14-15-30(25(32)23-9-13-28(2)27-23)18-22(24(29)31)17-19-5-4-6-21(16-19)20-7-10-26-11-8-20/h4-11,13,16,22H,3,12,14-15,17-18H2,1-2H3. The van der Waals surface area contributed by atoms with Crippen LogP contribution in [0.1, 0.15) is 29.4 Å². The van der Waals surface area contributed by atoms with E-state index in [1.807, 2.05) is 23.1 Å². The topological polar surface area (TPSA) is 71.3 Å². The van der Waals surface area contributed by atoms with E-state index in [0.29, 0.717) is 38.3 Å². The Balaban J connectivity index is 1.58. The van der Waals surface area contributed by atoms with Crippen LogP contribution in [0.4, 0.5) is 0 Å². The molecule has 1 unspecified atom stereocenters. The van der Waals surface area contributed by atoms with Gasteiger partial charge in [0, 0.05) is 51.8 Å². The molecule has 7 nitrogen and oxygen atoms in total. The number of carbonyl (C=O) groups excluding carboxylic acids is 2. The molecule has 0 radical (unpaired) electrons. The van der Waals surface area contributed by atoms with Crippen LogP contribution in [0.25, 0.3) is 11.1 Å². The number of rotatable bonds is 6. The third-order valence-corrected chi connectivity index (χ3v) is 5.88. The number of amides is 2. The fourth-order valence-corrected chi connectivity index (χ4v) is 4.27. The fraction of sp³-hybridized carbons (Fsp3) is 0.360. The molecule has 32 heavy (non-hydrogen) atoms. The first-order chi connectivity index (χ1) is 15.5. The first-order valence-electron chi connectivity index (χ1n) is 11.1. The minimum Gasteiger partial charge on any atom is -0.341 e. The molecular weight excluding hydrogens is 402 g/mol. The van der Waals surface area contributed by atoms with Crippen molar-refractivity contribution in [3.8, 4) is 11.1 Å². The highest BCUT2D eigenvalue weighted by molar-refractivity contribution is 5.93. The van der Waals surface area contributed by atoms with Crippen molar-refractivity contribution in [1.82, 2.24) is 24.6 Å². The Bertz CT molecular complexity index is 1080. The van der Waals surface area contributed by atoms with Gasteiger partial charge in [0.15, 0.2) is 0 Å². The van der Waals surface area contributed by atoms with Crippen molar-refractivity contribution in [2.24, 2.45) is 13.0 Å². The van der Waals surface area contributed by atoms with Gasteiger partial charge in [0.1, 0.15) is 5.69 Å². The molecule has 1 aliphatic heterocycles. The van der Waals surface area contributed by atoms with Crippen molar-refractivity contribution in [2.45, 2.75) is 19.8 Å². The lowest BCUT2D eigenvalue weighted by Gasteiger charge is -2.24. The van der Waals surface area contributed by atoms with E-state index in [1.165, 1.54) is 0 Å². The summed E-state index contributed by atoms with van der Waals surface area (Å²) >= 11 is 0. The second-order valence-electron chi connectivity index (χ2n) is 8.29. The van der Waals surface area contributed by atoms with Crippen molar-refractivity contribution >= 4 is 11.8 Å². The predicted octanol–water partition coefficient (Wildman–Crippen LogP) is 3.04. The maximum absolute atomic E-state index is 13.4. The van der Waals surface area contributed by atoms with E-state index in [9.17, 15) is 9.59 Å². The van der Waals surface area contributed by atoms with Gasteiger partial charge >= 0.3 is 0 Å². The number of benzene rings is 1. The number of hydrogen-bond donors (Lipinski definition) is 0. The molecule has 7 heteroatoms. The first-order valence-corrected chi connectivity index (χ1v) is 11.1. The molecule has 1 saturated heterocycles. The summed E-state index contributed by atoms with van der Waals surface area (Å²) in [6, 6.07) is 14.0. The fourth-order valence-electron chi connectivity index (χ4n) is 4.27. The van der Waals surface area contributed by atoms with E-state index in [4.69, 9.17) is 0 Å². The monoisotopic (exact) mass is 431 g/mol. The van der Waals surface area contributed by atoms with Crippen molar-refractivity contribution in [3.63, 3.8) is 0 Å². The molecule has 0 saturated carbocycles. The zero-order chi connectivity index (χ0) is 22.5. The van der Waals surface area contributed by atoms with Gasteiger partial charge in [-0.3, -0.25) is 19.3 Å². The van der Waals surface area contributed by atoms with Crippen LogP contribution in [0.3, 0.4) is 0 Å². The van der Waals surface area contributed by atoms with Gasteiger partial charge in [-0.15, -0.1) is 0 Å². The predicted molar refractivity (Wildman–Crippen MR) is 123 cm³/mol. The van der Waals surface area contributed by atoms with E-state index in [0.717, 1.165) is 23.1 Å². The minimum atomic E-state index is -0.288. The molecule has 3 heterocycles. The third kappa shape index (κ3) is 4.88. The maximum atomic E-state index is 13.4. The first kappa shape index (κ1) is 21.7. The average molecular weight is 432 g/mol. The van der Waals surface area contributed by atoms with Crippen molar-refractivity contribution in [3.05, 3.63) is 72.3 Å². The van der Waals surface area contributed by atoms with Gasteiger partial charge in [-0.1, -0.05) is 31.2 Å². The molecule has 3 aromatic rings. The smallest absolute Gasteiger partial charge is 0.274 e.